The van der Waals surface area contributed by atoms with E-state index in [1.54, 1.807) is 24.3 Å². The summed E-state index contributed by atoms with van der Waals surface area (Å²) in [5.41, 5.74) is 5.57. The SMILES string of the molecule is Cc1cccc2cc(/C=N\NC(=O)c3ccc(Br)cc3)c(Cl)nc12. The maximum Gasteiger partial charge on any atom is 0.271 e. The first-order chi connectivity index (χ1) is 11.5. The summed E-state index contributed by atoms with van der Waals surface area (Å²) < 4.78 is 0.909. The number of hydrogen-bond acceptors (Lipinski definition) is 3. The van der Waals surface area contributed by atoms with E-state index in [2.05, 4.69) is 31.4 Å². The molecule has 0 aliphatic heterocycles. The van der Waals surface area contributed by atoms with Gasteiger partial charge in [0.2, 0.25) is 0 Å². The summed E-state index contributed by atoms with van der Waals surface area (Å²) in [6.45, 7) is 1.98. The van der Waals surface area contributed by atoms with Gasteiger partial charge in [-0.3, -0.25) is 4.79 Å². The van der Waals surface area contributed by atoms with Gasteiger partial charge < -0.3 is 0 Å². The van der Waals surface area contributed by atoms with E-state index in [9.17, 15) is 4.79 Å². The molecule has 0 atom stereocenters. The zero-order chi connectivity index (χ0) is 17.1. The van der Waals surface area contributed by atoms with E-state index in [-0.39, 0.29) is 5.91 Å². The molecule has 0 fully saturated rings. The highest BCUT2D eigenvalue weighted by Gasteiger charge is 2.06. The number of aromatic nitrogens is 1. The molecule has 0 bridgehead atoms. The second-order valence-corrected chi connectivity index (χ2v) is 6.49. The molecule has 0 spiro atoms. The fraction of sp³-hybridized carbons (Fsp3) is 0.0556. The molecule has 1 N–H and O–H groups in total. The Morgan fingerprint density at radius 1 is 1.25 bits per heavy atom. The molecule has 0 saturated carbocycles. The van der Waals surface area contributed by atoms with Crippen LogP contribution in [0.15, 0.2) is 58.1 Å². The Hall–Kier alpha value is -2.24. The maximum atomic E-state index is 12.0. The monoisotopic (exact) mass is 401 g/mol. The van der Waals surface area contributed by atoms with Gasteiger partial charge in [-0.1, -0.05) is 45.7 Å². The minimum absolute atomic E-state index is 0.292. The van der Waals surface area contributed by atoms with Crippen LogP contribution in [0.25, 0.3) is 10.9 Å². The standard InChI is InChI=1S/C18H13BrClN3O/c1-11-3-2-4-13-9-14(17(20)22-16(11)13)10-21-23-18(24)12-5-7-15(19)8-6-12/h2-10H,1H3,(H,23,24)/b21-10-. The molecule has 6 heteroatoms. The number of para-hydroxylation sites is 1. The molecule has 0 unspecified atom stereocenters. The van der Waals surface area contributed by atoms with Crippen molar-refractivity contribution in [2.75, 3.05) is 0 Å². The number of rotatable bonds is 3. The summed E-state index contributed by atoms with van der Waals surface area (Å²) in [6, 6.07) is 14.8. The molecule has 1 heterocycles. The average molecular weight is 403 g/mol. The second kappa shape index (κ2) is 7.11. The molecule has 1 amide bonds. The Morgan fingerprint density at radius 2 is 2.00 bits per heavy atom. The fourth-order valence-corrected chi connectivity index (χ4v) is 2.71. The second-order valence-electron chi connectivity index (χ2n) is 5.22. The number of pyridine rings is 1. The Bertz CT molecular complexity index is 939. The predicted molar refractivity (Wildman–Crippen MR) is 101 cm³/mol. The number of halogens is 2. The van der Waals surface area contributed by atoms with E-state index in [1.165, 1.54) is 6.21 Å². The molecule has 0 saturated heterocycles. The Morgan fingerprint density at radius 3 is 2.75 bits per heavy atom. The number of fused-ring (bicyclic) bond motifs is 1. The molecule has 0 aliphatic rings. The average Bonchev–Trinajstić information content (AvgIpc) is 2.57. The molecule has 0 aliphatic carbocycles. The van der Waals surface area contributed by atoms with Crippen molar-refractivity contribution in [1.29, 1.82) is 0 Å². The Balaban J connectivity index is 1.79. The highest BCUT2D eigenvalue weighted by atomic mass is 79.9. The van der Waals surface area contributed by atoms with Crippen molar-refractivity contribution in [2.24, 2.45) is 5.10 Å². The van der Waals surface area contributed by atoms with Crippen LogP contribution in [-0.4, -0.2) is 17.1 Å². The minimum Gasteiger partial charge on any atom is -0.267 e. The van der Waals surface area contributed by atoms with Gasteiger partial charge in [-0.05, 0) is 42.8 Å². The lowest BCUT2D eigenvalue weighted by Crippen LogP contribution is -2.17. The summed E-state index contributed by atoms with van der Waals surface area (Å²) >= 11 is 9.53. The first-order valence-corrected chi connectivity index (χ1v) is 8.36. The number of benzene rings is 2. The normalized spacial score (nSPS) is 11.1. The number of nitrogens with one attached hydrogen (secondary N) is 1. The first kappa shape index (κ1) is 16.6. The third kappa shape index (κ3) is 3.63. The lowest BCUT2D eigenvalue weighted by atomic mass is 10.1. The number of hydrogen-bond donors (Lipinski definition) is 1. The van der Waals surface area contributed by atoms with Crippen LogP contribution in [0.5, 0.6) is 0 Å². The molecule has 3 aromatic rings. The van der Waals surface area contributed by atoms with Gasteiger partial charge in [0.05, 0.1) is 11.7 Å². The number of nitrogens with zero attached hydrogens (tertiary/aromatic N) is 2. The molecule has 2 aromatic carbocycles. The van der Waals surface area contributed by atoms with Gasteiger partial charge in [-0.2, -0.15) is 5.10 Å². The van der Waals surface area contributed by atoms with Crippen molar-refractivity contribution in [3.05, 3.63) is 74.8 Å². The van der Waals surface area contributed by atoms with Gasteiger partial charge in [0.25, 0.3) is 5.91 Å². The van der Waals surface area contributed by atoms with E-state index >= 15 is 0 Å². The topological polar surface area (TPSA) is 54.4 Å². The van der Waals surface area contributed by atoms with E-state index in [0.29, 0.717) is 16.3 Å². The summed E-state index contributed by atoms with van der Waals surface area (Å²) in [5.74, 6) is -0.292. The molecular weight excluding hydrogens is 390 g/mol. The number of carbonyl (C=O) groups is 1. The smallest absolute Gasteiger partial charge is 0.267 e. The van der Waals surface area contributed by atoms with E-state index in [1.807, 2.05) is 31.2 Å². The highest BCUT2D eigenvalue weighted by Crippen LogP contribution is 2.21. The zero-order valence-corrected chi connectivity index (χ0v) is 15.1. The number of hydrazone groups is 1. The van der Waals surface area contributed by atoms with Crippen molar-refractivity contribution in [3.63, 3.8) is 0 Å². The van der Waals surface area contributed by atoms with Crippen LogP contribution >= 0.6 is 27.5 Å². The minimum atomic E-state index is -0.292. The van der Waals surface area contributed by atoms with Gasteiger partial charge in [-0.25, -0.2) is 10.4 Å². The van der Waals surface area contributed by atoms with Gasteiger partial charge in [-0.15, -0.1) is 0 Å². The first-order valence-electron chi connectivity index (χ1n) is 7.19. The summed E-state index contributed by atoms with van der Waals surface area (Å²) in [5, 5.41) is 5.29. The Labute approximate surface area is 152 Å². The van der Waals surface area contributed by atoms with Gasteiger partial charge in [0.15, 0.2) is 0 Å². The quantitative estimate of drug-likeness (QED) is 0.391. The molecule has 3 rings (SSSR count). The van der Waals surface area contributed by atoms with E-state index in [4.69, 9.17) is 11.6 Å². The van der Waals surface area contributed by atoms with Gasteiger partial charge in [0, 0.05) is 21.0 Å². The summed E-state index contributed by atoms with van der Waals surface area (Å²) in [6.07, 6.45) is 1.49. The lowest BCUT2D eigenvalue weighted by molar-refractivity contribution is 0.0955. The van der Waals surface area contributed by atoms with Gasteiger partial charge >= 0.3 is 0 Å². The largest absolute Gasteiger partial charge is 0.271 e. The van der Waals surface area contributed by atoms with Crippen molar-refractivity contribution in [3.8, 4) is 0 Å². The predicted octanol–water partition coefficient (Wildman–Crippen LogP) is 4.72. The molecular formula is C18H13BrClN3O. The zero-order valence-electron chi connectivity index (χ0n) is 12.8. The lowest BCUT2D eigenvalue weighted by Gasteiger charge is -2.04. The van der Waals surface area contributed by atoms with Crippen LogP contribution in [-0.2, 0) is 0 Å². The van der Waals surface area contributed by atoms with Crippen molar-refractivity contribution in [1.82, 2.24) is 10.4 Å². The Kier molecular flexibility index (Phi) is 4.92. The number of carbonyl (C=O) groups excluding carboxylic acids is 1. The van der Waals surface area contributed by atoms with Crippen LogP contribution < -0.4 is 5.43 Å². The number of aryl methyl sites for hydroxylation is 1. The van der Waals surface area contributed by atoms with Gasteiger partial charge in [0.1, 0.15) is 5.15 Å². The molecule has 120 valence electrons. The van der Waals surface area contributed by atoms with Crippen LogP contribution in [0.2, 0.25) is 5.15 Å². The van der Waals surface area contributed by atoms with Crippen LogP contribution in [0, 0.1) is 6.92 Å². The molecule has 0 radical (unpaired) electrons. The third-order valence-electron chi connectivity index (χ3n) is 3.50. The summed E-state index contributed by atoms with van der Waals surface area (Å²) in [7, 11) is 0. The molecule has 24 heavy (non-hydrogen) atoms. The van der Waals surface area contributed by atoms with Crippen molar-refractivity contribution >= 4 is 50.6 Å². The highest BCUT2D eigenvalue weighted by molar-refractivity contribution is 9.10. The van der Waals surface area contributed by atoms with Crippen molar-refractivity contribution in [2.45, 2.75) is 6.92 Å². The molecule has 1 aromatic heterocycles. The maximum absolute atomic E-state index is 12.0. The van der Waals surface area contributed by atoms with E-state index in [0.717, 1.165) is 20.9 Å². The van der Waals surface area contributed by atoms with E-state index < -0.39 is 0 Å². The fourth-order valence-electron chi connectivity index (χ4n) is 2.26. The van der Waals surface area contributed by atoms with Crippen LogP contribution in [0.4, 0.5) is 0 Å². The summed E-state index contributed by atoms with van der Waals surface area (Å²) in [4.78, 5) is 16.4. The van der Waals surface area contributed by atoms with Crippen LogP contribution in [0.3, 0.4) is 0 Å². The van der Waals surface area contributed by atoms with Crippen molar-refractivity contribution < 1.29 is 4.79 Å². The van der Waals surface area contributed by atoms with Crippen LogP contribution in [0.1, 0.15) is 21.5 Å². The number of amides is 1. The third-order valence-corrected chi connectivity index (χ3v) is 4.34. The molecule has 4 nitrogen and oxygen atoms in total.